The van der Waals surface area contributed by atoms with Crippen molar-refractivity contribution in [2.45, 2.75) is 41.4 Å². The van der Waals surface area contributed by atoms with Gasteiger partial charge in [0.1, 0.15) is 28.1 Å². The number of aromatic nitrogens is 1. The number of sulfone groups is 1. The van der Waals surface area contributed by atoms with Crippen LogP contribution < -0.4 is 15.0 Å². The molecule has 3 aromatic rings. The van der Waals surface area contributed by atoms with E-state index < -0.39 is 27.6 Å². The van der Waals surface area contributed by atoms with E-state index in [1.54, 1.807) is 56.4 Å². The molecule has 0 fully saturated rings. The summed E-state index contributed by atoms with van der Waals surface area (Å²) in [5.74, 6) is 0.642. The summed E-state index contributed by atoms with van der Waals surface area (Å²) in [4.78, 5) is 12.6. The molecule has 2 atom stereocenters. The highest BCUT2D eigenvalue weighted by Gasteiger charge is 2.44. The first-order valence-corrected chi connectivity index (χ1v) is 11.2. The number of methoxy groups -OCH3 is 1. The van der Waals surface area contributed by atoms with Gasteiger partial charge in [-0.2, -0.15) is 0 Å². The molecular weight excluding hydrogens is 418 g/mol. The fourth-order valence-corrected chi connectivity index (χ4v) is 5.31. The van der Waals surface area contributed by atoms with Gasteiger partial charge < -0.3 is 19.1 Å². The van der Waals surface area contributed by atoms with Gasteiger partial charge in [-0.15, -0.1) is 0 Å². The molecule has 31 heavy (non-hydrogen) atoms. The Kier molecular flexibility index (Phi) is 5.15. The number of hydrogen-bond acceptors (Lipinski definition) is 6. The lowest BCUT2D eigenvalue weighted by molar-refractivity contribution is -0.0643. The number of ether oxygens (including phenoxy) is 2. The van der Waals surface area contributed by atoms with Crippen LogP contribution in [-0.2, 0) is 9.84 Å². The first kappa shape index (κ1) is 21.1. The summed E-state index contributed by atoms with van der Waals surface area (Å²) in [6.07, 6.45) is 0.479. The second-order valence-corrected chi connectivity index (χ2v) is 9.81. The summed E-state index contributed by atoms with van der Waals surface area (Å²) >= 11 is 0. The number of hydrogen-bond donors (Lipinski definition) is 1. The Bertz CT molecular complexity index is 1300. The minimum atomic E-state index is -3.93. The monoisotopic (exact) mass is 441 g/mol. The highest BCUT2D eigenvalue weighted by molar-refractivity contribution is 7.91. The molecule has 2 heterocycles. The molecule has 8 heteroatoms. The maximum absolute atomic E-state index is 13.4. The largest absolute Gasteiger partial charge is 0.495 e. The van der Waals surface area contributed by atoms with Crippen LogP contribution in [0.15, 0.2) is 81.4 Å². The Morgan fingerprint density at radius 3 is 2.48 bits per heavy atom. The average Bonchev–Trinajstić information content (AvgIpc) is 2.75. The smallest absolute Gasteiger partial charge is 0.251 e. The molecule has 162 valence electrons. The highest BCUT2D eigenvalue weighted by Crippen LogP contribution is 2.43. The Hall–Kier alpha value is -3.10. The van der Waals surface area contributed by atoms with E-state index in [9.17, 15) is 18.3 Å². The lowest BCUT2D eigenvalue weighted by atomic mass is 9.86. The van der Waals surface area contributed by atoms with Gasteiger partial charge >= 0.3 is 0 Å². The molecule has 1 N–H and O–H groups in total. The van der Waals surface area contributed by atoms with Crippen molar-refractivity contribution in [2.24, 2.45) is 0 Å². The third kappa shape index (κ3) is 3.51. The molecule has 0 radical (unpaired) electrons. The van der Waals surface area contributed by atoms with Crippen LogP contribution in [0.2, 0.25) is 0 Å². The molecule has 0 saturated carbocycles. The summed E-state index contributed by atoms with van der Waals surface area (Å²) in [7, 11) is -2.52. The standard InChI is InChI=1S/C23H23NO6S/c1-23(2)22(26)21(24-13-7-6-10-20(24)25)16-14-15(11-12-17(16)30-23)31(27,28)19-9-5-4-8-18(19)29-3/h4-14,21-22,26H,1-3H3. The number of nitrogens with zero attached hydrogens (tertiary/aromatic N) is 1. The number of aliphatic hydroxyl groups excluding tert-OH is 1. The molecule has 2 unspecified atom stereocenters. The minimum absolute atomic E-state index is 0.0141. The predicted octanol–water partition coefficient (Wildman–Crippen LogP) is 2.81. The molecule has 4 rings (SSSR count). The molecular formula is C23H23NO6S. The van der Waals surface area contributed by atoms with Gasteiger partial charge in [0.05, 0.1) is 18.0 Å². The van der Waals surface area contributed by atoms with Crippen molar-refractivity contribution in [3.63, 3.8) is 0 Å². The van der Waals surface area contributed by atoms with Gasteiger partial charge in [0, 0.05) is 17.8 Å². The number of fused-ring (bicyclic) bond motifs is 1. The summed E-state index contributed by atoms with van der Waals surface area (Å²) < 4.78 is 39.3. The topological polar surface area (TPSA) is 94.8 Å². The fourth-order valence-electron chi connectivity index (χ4n) is 3.85. The predicted molar refractivity (Wildman–Crippen MR) is 114 cm³/mol. The third-order valence-electron chi connectivity index (χ3n) is 5.50. The van der Waals surface area contributed by atoms with Crippen molar-refractivity contribution in [1.29, 1.82) is 0 Å². The Morgan fingerprint density at radius 1 is 1.06 bits per heavy atom. The van der Waals surface area contributed by atoms with Gasteiger partial charge in [0.25, 0.3) is 5.56 Å². The van der Waals surface area contributed by atoms with Crippen LogP contribution >= 0.6 is 0 Å². The maximum atomic E-state index is 13.4. The van der Waals surface area contributed by atoms with Gasteiger partial charge in [0.15, 0.2) is 0 Å². The fraction of sp³-hybridized carbons (Fsp3) is 0.261. The van der Waals surface area contributed by atoms with Gasteiger partial charge in [-0.3, -0.25) is 4.79 Å². The van der Waals surface area contributed by atoms with Crippen molar-refractivity contribution >= 4 is 9.84 Å². The van der Waals surface area contributed by atoms with Crippen molar-refractivity contribution in [3.05, 3.63) is 82.8 Å². The quantitative estimate of drug-likeness (QED) is 0.669. The van der Waals surface area contributed by atoms with E-state index in [2.05, 4.69) is 0 Å². The lowest BCUT2D eigenvalue weighted by Gasteiger charge is -2.42. The molecule has 0 amide bonds. The number of benzene rings is 2. The summed E-state index contributed by atoms with van der Waals surface area (Å²) in [5.41, 5.74) is -0.889. The van der Waals surface area contributed by atoms with E-state index in [0.29, 0.717) is 11.3 Å². The normalized spacial score (nSPS) is 19.9. The molecule has 0 spiro atoms. The molecule has 1 aliphatic rings. The number of pyridine rings is 1. The lowest BCUT2D eigenvalue weighted by Crippen LogP contribution is -2.52. The molecule has 0 bridgehead atoms. The van der Waals surface area contributed by atoms with Crippen LogP contribution in [0.5, 0.6) is 11.5 Å². The van der Waals surface area contributed by atoms with E-state index in [-0.39, 0.29) is 21.1 Å². The van der Waals surface area contributed by atoms with Crippen LogP contribution in [0.1, 0.15) is 25.5 Å². The van der Waals surface area contributed by atoms with E-state index in [1.807, 2.05) is 0 Å². The van der Waals surface area contributed by atoms with E-state index in [4.69, 9.17) is 9.47 Å². The van der Waals surface area contributed by atoms with Crippen LogP contribution in [0.3, 0.4) is 0 Å². The molecule has 1 aliphatic heterocycles. The Morgan fingerprint density at radius 2 is 1.77 bits per heavy atom. The molecule has 0 saturated heterocycles. The van der Waals surface area contributed by atoms with Gasteiger partial charge in [0.2, 0.25) is 9.84 Å². The van der Waals surface area contributed by atoms with Crippen LogP contribution in [0.25, 0.3) is 0 Å². The van der Waals surface area contributed by atoms with Crippen molar-refractivity contribution in [2.75, 3.05) is 7.11 Å². The summed E-state index contributed by atoms with van der Waals surface area (Å²) in [6.45, 7) is 3.45. The van der Waals surface area contributed by atoms with Gasteiger partial charge in [-0.25, -0.2) is 8.42 Å². The number of aliphatic hydroxyl groups is 1. The Balaban J connectivity index is 1.93. The van der Waals surface area contributed by atoms with E-state index in [0.717, 1.165) is 0 Å². The SMILES string of the molecule is COc1ccccc1S(=O)(=O)c1ccc2c(c1)C(n1ccccc1=O)C(O)C(C)(C)O2. The van der Waals surface area contributed by atoms with Gasteiger partial charge in [-0.05, 0) is 50.2 Å². The van der Waals surface area contributed by atoms with Crippen molar-refractivity contribution < 1.29 is 23.0 Å². The zero-order valence-electron chi connectivity index (χ0n) is 17.3. The first-order chi connectivity index (χ1) is 14.7. The van der Waals surface area contributed by atoms with Crippen LogP contribution in [0.4, 0.5) is 0 Å². The van der Waals surface area contributed by atoms with E-state index >= 15 is 0 Å². The van der Waals surface area contributed by atoms with Crippen molar-refractivity contribution in [1.82, 2.24) is 4.57 Å². The second-order valence-electron chi connectivity index (χ2n) is 7.90. The number of para-hydroxylation sites is 1. The van der Waals surface area contributed by atoms with Crippen molar-refractivity contribution in [3.8, 4) is 11.5 Å². The molecule has 7 nitrogen and oxygen atoms in total. The summed E-state index contributed by atoms with van der Waals surface area (Å²) in [6, 6.07) is 14.7. The molecule has 1 aromatic heterocycles. The molecule has 2 aromatic carbocycles. The maximum Gasteiger partial charge on any atom is 0.251 e. The first-order valence-electron chi connectivity index (χ1n) is 9.73. The number of rotatable bonds is 4. The minimum Gasteiger partial charge on any atom is -0.495 e. The molecule has 0 aliphatic carbocycles. The van der Waals surface area contributed by atoms with E-state index in [1.165, 1.54) is 35.9 Å². The second kappa shape index (κ2) is 7.55. The van der Waals surface area contributed by atoms with Crippen LogP contribution in [0, 0.1) is 0 Å². The Labute approximate surface area is 180 Å². The summed E-state index contributed by atoms with van der Waals surface area (Å²) in [5, 5.41) is 11.1. The zero-order valence-corrected chi connectivity index (χ0v) is 18.2. The van der Waals surface area contributed by atoms with Crippen LogP contribution in [-0.4, -0.2) is 36.9 Å². The third-order valence-corrected chi connectivity index (χ3v) is 7.29. The van der Waals surface area contributed by atoms with Gasteiger partial charge in [-0.1, -0.05) is 18.2 Å². The highest BCUT2D eigenvalue weighted by atomic mass is 32.2. The zero-order chi connectivity index (χ0) is 22.4. The average molecular weight is 442 g/mol.